The third-order valence-corrected chi connectivity index (χ3v) is 3.77. The van der Waals surface area contributed by atoms with Gasteiger partial charge in [-0.1, -0.05) is 41.4 Å². The number of amides is 1. The Bertz CT molecular complexity index is 886. The number of anilines is 1. The maximum atomic E-state index is 12.2. The van der Waals surface area contributed by atoms with Crippen LogP contribution in [0.25, 0.3) is 6.08 Å². The molecular formula is C17H10Cl2N2O3. The Kier molecular flexibility index (Phi) is 5.59. The Hall–Kier alpha value is -2.81. The van der Waals surface area contributed by atoms with Gasteiger partial charge in [0.05, 0.1) is 15.6 Å². The van der Waals surface area contributed by atoms with Gasteiger partial charge in [0.25, 0.3) is 5.91 Å². The summed E-state index contributed by atoms with van der Waals surface area (Å²) in [6, 6.07) is 12.3. The molecule has 0 saturated heterocycles. The molecule has 0 aromatic heterocycles. The van der Waals surface area contributed by atoms with Crippen LogP contribution in [0.3, 0.4) is 0 Å². The molecule has 1 amide bonds. The van der Waals surface area contributed by atoms with Gasteiger partial charge in [-0.05, 0) is 35.9 Å². The summed E-state index contributed by atoms with van der Waals surface area (Å²) < 4.78 is 0. The summed E-state index contributed by atoms with van der Waals surface area (Å²) in [5, 5.41) is 21.4. The van der Waals surface area contributed by atoms with E-state index in [1.807, 2.05) is 0 Å². The fourth-order valence-electron chi connectivity index (χ4n) is 1.89. The van der Waals surface area contributed by atoms with Gasteiger partial charge in [0.1, 0.15) is 11.6 Å². The number of benzene rings is 2. The molecule has 0 aliphatic rings. The number of carbonyl (C=O) groups is 2. The maximum absolute atomic E-state index is 12.2. The lowest BCUT2D eigenvalue weighted by molar-refractivity contribution is -0.112. The van der Waals surface area contributed by atoms with Crippen molar-refractivity contribution in [1.29, 1.82) is 5.26 Å². The van der Waals surface area contributed by atoms with Gasteiger partial charge in [-0.15, -0.1) is 0 Å². The molecule has 0 heterocycles. The van der Waals surface area contributed by atoms with Crippen LogP contribution in [0.2, 0.25) is 10.0 Å². The predicted octanol–water partition coefficient (Wildman–Crippen LogP) is 4.24. The largest absolute Gasteiger partial charge is 0.478 e. The molecule has 2 rings (SSSR count). The number of hydrogen-bond donors (Lipinski definition) is 2. The summed E-state index contributed by atoms with van der Waals surface area (Å²) >= 11 is 11.7. The van der Waals surface area contributed by atoms with Gasteiger partial charge in [0.15, 0.2) is 0 Å². The van der Waals surface area contributed by atoms with Crippen LogP contribution >= 0.6 is 23.2 Å². The predicted molar refractivity (Wildman–Crippen MR) is 92.1 cm³/mol. The first kappa shape index (κ1) is 17.5. The standard InChI is InChI=1S/C17H10Cl2N2O3/c18-14-6-5-12(8-15(14)19)21-16(22)11(9-20)7-10-3-1-2-4-13(10)17(23)24/h1-8H,(H,21,22)(H,23,24)/b11-7+. The minimum absolute atomic E-state index is 0.00686. The van der Waals surface area contributed by atoms with Crippen molar-refractivity contribution < 1.29 is 14.7 Å². The van der Waals surface area contributed by atoms with E-state index in [4.69, 9.17) is 28.3 Å². The molecule has 2 aromatic rings. The number of halogens is 2. The van der Waals surface area contributed by atoms with Crippen LogP contribution in [-0.4, -0.2) is 17.0 Å². The van der Waals surface area contributed by atoms with Gasteiger partial charge < -0.3 is 10.4 Å². The molecule has 0 unspecified atom stereocenters. The Balaban J connectivity index is 2.31. The van der Waals surface area contributed by atoms with Gasteiger partial charge in [0, 0.05) is 5.69 Å². The molecule has 0 radical (unpaired) electrons. The highest BCUT2D eigenvalue weighted by atomic mass is 35.5. The van der Waals surface area contributed by atoms with E-state index in [0.29, 0.717) is 10.7 Å². The van der Waals surface area contributed by atoms with E-state index in [1.54, 1.807) is 18.2 Å². The first-order chi connectivity index (χ1) is 11.4. The summed E-state index contributed by atoms with van der Waals surface area (Å²) in [6.07, 6.45) is 1.22. The van der Waals surface area contributed by atoms with Crippen molar-refractivity contribution in [2.24, 2.45) is 0 Å². The smallest absolute Gasteiger partial charge is 0.336 e. The number of carboxylic acid groups (broad SMARTS) is 1. The number of nitriles is 1. The Labute approximate surface area is 147 Å². The number of nitrogens with zero attached hydrogens (tertiary/aromatic N) is 1. The van der Waals surface area contributed by atoms with Gasteiger partial charge in [0.2, 0.25) is 0 Å². The molecule has 0 aliphatic carbocycles. The fraction of sp³-hybridized carbons (Fsp3) is 0. The summed E-state index contributed by atoms with van der Waals surface area (Å²) in [6.45, 7) is 0. The average Bonchev–Trinajstić information content (AvgIpc) is 2.56. The van der Waals surface area contributed by atoms with E-state index in [9.17, 15) is 14.9 Å². The van der Waals surface area contributed by atoms with Crippen LogP contribution in [0, 0.1) is 11.3 Å². The first-order valence-electron chi connectivity index (χ1n) is 6.63. The summed E-state index contributed by atoms with van der Waals surface area (Å²) in [7, 11) is 0. The van der Waals surface area contributed by atoms with Crippen LogP contribution in [0.15, 0.2) is 48.0 Å². The molecule has 0 atom stereocenters. The minimum atomic E-state index is -1.15. The molecule has 0 saturated carbocycles. The third-order valence-electron chi connectivity index (χ3n) is 3.03. The van der Waals surface area contributed by atoms with Crippen LogP contribution < -0.4 is 5.32 Å². The summed E-state index contributed by atoms with van der Waals surface area (Å²) in [4.78, 5) is 23.4. The molecule has 5 nitrogen and oxygen atoms in total. The van der Waals surface area contributed by atoms with E-state index in [-0.39, 0.29) is 21.7 Å². The Morgan fingerprint density at radius 1 is 1.12 bits per heavy atom. The molecule has 0 spiro atoms. The van der Waals surface area contributed by atoms with Crippen molar-refractivity contribution in [1.82, 2.24) is 0 Å². The zero-order valence-corrected chi connectivity index (χ0v) is 13.6. The lowest BCUT2D eigenvalue weighted by Crippen LogP contribution is -2.13. The summed E-state index contributed by atoms with van der Waals surface area (Å²) in [5.74, 6) is -1.83. The van der Waals surface area contributed by atoms with Gasteiger partial charge in [-0.3, -0.25) is 4.79 Å². The van der Waals surface area contributed by atoms with Crippen LogP contribution in [0.4, 0.5) is 5.69 Å². The summed E-state index contributed by atoms with van der Waals surface area (Å²) in [5.41, 5.74) is 0.371. The Morgan fingerprint density at radius 3 is 2.46 bits per heavy atom. The second kappa shape index (κ2) is 7.64. The van der Waals surface area contributed by atoms with Crippen molar-refractivity contribution in [3.05, 3.63) is 69.2 Å². The number of carboxylic acids is 1. The molecule has 24 heavy (non-hydrogen) atoms. The zero-order chi connectivity index (χ0) is 17.7. The lowest BCUT2D eigenvalue weighted by atomic mass is 10.0. The molecule has 0 fully saturated rings. The number of rotatable bonds is 4. The highest BCUT2D eigenvalue weighted by Gasteiger charge is 2.13. The maximum Gasteiger partial charge on any atom is 0.336 e. The van der Waals surface area contributed by atoms with E-state index in [0.717, 1.165) is 0 Å². The SMILES string of the molecule is N#C/C(=C\c1ccccc1C(=O)O)C(=O)Nc1ccc(Cl)c(Cl)c1. The molecule has 2 aromatic carbocycles. The van der Waals surface area contributed by atoms with Gasteiger partial charge >= 0.3 is 5.97 Å². The van der Waals surface area contributed by atoms with Crippen molar-refractivity contribution in [2.75, 3.05) is 5.32 Å². The normalized spacial score (nSPS) is 10.8. The van der Waals surface area contributed by atoms with Crippen molar-refractivity contribution in [2.45, 2.75) is 0 Å². The second-order valence-electron chi connectivity index (χ2n) is 4.65. The molecule has 120 valence electrons. The minimum Gasteiger partial charge on any atom is -0.478 e. The van der Waals surface area contributed by atoms with Crippen LogP contribution in [0.5, 0.6) is 0 Å². The highest BCUT2D eigenvalue weighted by Crippen LogP contribution is 2.25. The van der Waals surface area contributed by atoms with Crippen LogP contribution in [0.1, 0.15) is 15.9 Å². The fourth-order valence-corrected chi connectivity index (χ4v) is 2.19. The Morgan fingerprint density at radius 2 is 1.83 bits per heavy atom. The van der Waals surface area contributed by atoms with Crippen molar-refractivity contribution >= 4 is 46.8 Å². The average molecular weight is 361 g/mol. The molecular weight excluding hydrogens is 351 g/mol. The van der Waals surface area contributed by atoms with Gasteiger partial charge in [-0.2, -0.15) is 5.26 Å². The first-order valence-corrected chi connectivity index (χ1v) is 7.38. The quantitative estimate of drug-likeness (QED) is 0.630. The van der Waals surface area contributed by atoms with E-state index in [2.05, 4.69) is 5.32 Å². The second-order valence-corrected chi connectivity index (χ2v) is 5.46. The number of carbonyl (C=O) groups excluding carboxylic acids is 1. The zero-order valence-electron chi connectivity index (χ0n) is 12.1. The van der Waals surface area contributed by atoms with E-state index >= 15 is 0 Å². The number of hydrogen-bond acceptors (Lipinski definition) is 3. The van der Waals surface area contributed by atoms with E-state index in [1.165, 1.54) is 36.4 Å². The van der Waals surface area contributed by atoms with E-state index < -0.39 is 11.9 Å². The molecule has 0 bridgehead atoms. The third kappa shape index (κ3) is 4.13. The topological polar surface area (TPSA) is 90.2 Å². The lowest BCUT2D eigenvalue weighted by Gasteiger charge is -2.06. The van der Waals surface area contributed by atoms with Crippen molar-refractivity contribution in [3.8, 4) is 6.07 Å². The molecule has 0 aliphatic heterocycles. The monoisotopic (exact) mass is 360 g/mol. The highest BCUT2D eigenvalue weighted by molar-refractivity contribution is 6.42. The number of nitrogens with one attached hydrogen (secondary N) is 1. The molecule has 2 N–H and O–H groups in total. The van der Waals surface area contributed by atoms with Gasteiger partial charge in [-0.25, -0.2) is 4.79 Å². The van der Waals surface area contributed by atoms with Crippen LogP contribution in [-0.2, 0) is 4.79 Å². The van der Waals surface area contributed by atoms with Crippen molar-refractivity contribution in [3.63, 3.8) is 0 Å². The number of aromatic carboxylic acids is 1. The molecule has 7 heteroatoms.